The molecule has 2 atom stereocenters. The highest BCUT2D eigenvalue weighted by Crippen LogP contribution is 2.33. The summed E-state index contributed by atoms with van der Waals surface area (Å²) in [5.41, 5.74) is 0. The van der Waals surface area contributed by atoms with Gasteiger partial charge in [0.25, 0.3) is 0 Å². The van der Waals surface area contributed by atoms with E-state index in [0.29, 0.717) is 6.04 Å². The number of nitrogens with zero attached hydrogens (tertiary/aromatic N) is 3. The lowest BCUT2D eigenvalue weighted by atomic mass is 9.92. The van der Waals surface area contributed by atoms with Crippen molar-refractivity contribution in [3.63, 3.8) is 0 Å². The summed E-state index contributed by atoms with van der Waals surface area (Å²) in [6, 6.07) is 0.409. The Morgan fingerprint density at radius 1 is 1.25 bits per heavy atom. The average molecular weight is 278 g/mol. The smallest absolute Gasteiger partial charge is 0.138 e. The van der Waals surface area contributed by atoms with E-state index in [4.69, 9.17) is 0 Å². The van der Waals surface area contributed by atoms with E-state index in [1.165, 1.54) is 31.6 Å². The van der Waals surface area contributed by atoms with Gasteiger partial charge in [0.2, 0.25) is 0 Å². The van der Waals surface area contributed by atoms with Crippen molar-refractivity contribution in [2.75, 3.05) is 13.1 Å². The maximum Gasteiger partial charge on any atom is 0.138 e. The molecule has 0 bridgehead atoms. The Bertz CT molecular complexity index is 397. The van der Waals surface area contributed by atoms with Gasteiger partial charge in [-0.05, 0) is 57.5 Å². The third kappa shape index (κ3) is 4.05. The fourth-order valence-electron chi connectivity index (χ4n) is 3.29. The summed E-state index contributed by atoms with van der Waals surface area (Å²) in [5.74, 6) is 3.49. The SMILES string of the molecule is CC(C)CNCC1CCCC1Cc1ncnn1C(C)C. The van der Waals surface area contributed by atoms with Crippen molar-refractivity contribution in [2.45, 2.75) is 59.4 Å². The van der Waals surface area contributed by atoms with E-state index >= 15 is 0 Å². The quantitative estimate of drug-likeness (QED) is 0.833. The molecule has 1 fully saturated rings. The van der Waals surface area contributed by atoms with Gasteiger partial charge >= 0.3 is 0 Å². The Hall–Kier alpha value is -0.900. The Kier molecular flexibility index (Phi) is 5.58. The van der Waals surface area contributed by atoms with E-state index < -0.39 is 0 Å². The molecule has 0 radical (unpaired) electrons. The van der Waals surface area contributed by atoms with Gasteiger partial charge in [0.05, 0.1) is 0 Å². The minimum Gasteiger partial charge on any atom is -0.316 e. The molecule has 1 N–H and O–H groups in total. The van der Waals surface area contributed by atoms with Crippen molar-refractivity contribution in [1.29, 1.82) is 0 Å². The fraction of sp³-hybridized carbons (Fsp3) is 0.875. The van der Waals surface area contributed by atoms with E-state index in [1.54, 1.807) is 6.33 Å². The zero-order valence-corrected chi connectivity index (χ0v) is 13.5. The minimum absolute atomic E-state index is 0.409. The topological polar surface area (TPSA) is 42.7 Å². The van der Waals surface area contributed by atoms with E-state index in [-0.39, 0.29) is 0 Å². The van der Waals surface area contributed by atoms with Crippen LogP contribution < -0.4 is 5.32 Å². The molecular weight excluding hydrogens is 248 g/mol. The molecule has 1 aromatic heterocycles. The first kappa shape index (κ1) is 15.5. The Morgan fingerprint density at radius 3 is 2.70 bits per heavy atom. The summed E-state index contributed by atoms with van der Waals surface area (Å²) in [4.78, 5) is 4.48. The first-order valence-electron chi connectivity index (χ1n) is 8.17. The predicted molar refractivity (Wildman–Crippen MR) is 82.6 cm³/mol. The van der Waals surface area contributed by atoms with Crippen LogP contribution in [0.2, 0.25) is 0 Å². The molecule has 4 nitrogen and oxygen atoms in total. The molecule has 0 saturated heterocycles. The van der Waals surface area contributed by atoms with E-state index in [2.05, 4.69) is 47.8 Å². The van der Waals surface area contributed by atoms with Gasteiger partial charge in [0.15, 0.2) is 0 Å². The zero-order chi connectivity index (χ0) is 14.5. The minimum atomic E-state index is 0.409. The van der Waals surface area contributed by atoms with E-state index in [0.717, 1.165) is 30.7 Å². The van der Waals surface area contributed by atoms with Crippen molar-refractivity contribution in [2.24, 2.45) is 17.8 Å². The largest absolute Gasteiger partial charge is 0.316 e. The van der Waals surface area contributed by atoms with Crippen LogP contribution in [0.15, 0.2) is 6.33 Å². The number of hydrogen-bond donors (Lipinski definition) is 1. The molecule has 20 heavy (non-hydrogen) atoms. The maximum atomic E-state index is 4.48. The van der Waals surface area contributed by atoms with Crippen LogP contribution in [-0.4, -0.2) is 27.9 Å². The van der Waals surface area contributed by atoms with Crippen LogP contribution in [-0.2, 0) is 6.42 Å². The van der Waals surface area contributed by atoms with Gasteiger partial charge in [-0.2, -0.15) is 5.10 Å². The highest BCUT2D eigenvalue weighted by Gasteiger charge is 2.28. The maximum absolute atomic E-state index is 4.48. The average Bonchev–Trinajstić information content (AvgIpc) is 2.99. The van der Waals surface area contributed by atoms with Crippen molar-refractivity contribution in [3.8, 4) is 0 Å². The molecule has 1 saturated carbocycles. The second-order valence-electron chi connectivity index (χ2n) is 6.92. The second kappa shape index (κ2) is 7.21. The Balaban J connectivity index is 1.89. The zero-order valence-electron chi connectivity index (χ0n) is 13.5. The van der Waals surface area contributed by atoms with Crippen LogP contribution in [0.5, 0.6) is 0 Å². The molecule has 1 aliphatic rings. The van der Waals surface area contributed by atoms with Crippen molar-refractivity contribution >= 4 is 0 Å². The van der Waals surface area contributed by atoms with Crippen molar-refractivity contribution < 1.29 is 0 Å². The summed E-state index contributed by atoms with van der Waals surface area (Å²) in [5, 5.41) is 7.99. The molecule has 114 valence electrons. The standard InChI is InChI=1S/C16H30N4/c1-12(2)9-17-10-15-7-5-6-14(15)8-16-18-11-19-20(16)13(3)4/h11-15,17H,5-10H2,1-4H3. The third-order valence-electron chi connectivity index (χ3n) is 4.36. The van der Waals surface area contributed by atoms with Gasteiger partial charge in [-0.15, -0.1) is 0 Å². The number of hydrogen-bond acceptors (Lipinski definition) is 3. The highest BCUT2D eigenvalue weighted by molar-refractivity contribution is 4.93. The first-order valence-corrected chi connectivity index (χ1v) is 8.17. The van der Waals surface area contributed by atoms with Gasteiger partial charge in [-0.1, -0.05) is 20.3 Å². The predicted octanol–water partition coefficient (Wildman–Crippen LogP) is 3.06. The van der Waals surface area contributed by atoms with Crippen LogP contribution in [0.1, 0.15) is 58.8 Å². The first-order chi connectivity index (χ1) is 9.58. The van der Waals surface area contributed by atoms with Crippen LogP contribution in [0, 0.1) is 17.8 Å². The third-order valence-corrected chi connectivity index (χ3v) is 4.36. The number of rotatable bonds is 7. The molecule has 1 aromatic rings. The van der Waals surface area contributed by atoms with Gasteiger partial charge in [-0.25, -0.2) is 9.67 Å². The molecule has 2 unspecified atom stereocenters. The Morgan fingerprint density at radius 2 is 2.00 bits per heavy atom. The molecule has 1 heterocycles. The molecule has 0 spiro atoms. The number of aromatic nitrogens is 3. The van der Waals surface area contributed by atoms with Crippen molar-refractivity contribution in [1.82, 2.24) is 20.1 Å². The molecule has 1 aliphatic carbocycles. The van der Waals surface area contributed by atoms with Gasteiger partial charge in [-0.3, -0.25) is 0 Å². The van der Waals surface area contributed by atoms with Crippen LogP contribution >= 0.6 is 0 Å². The summed E-state index contributed by atoms with van der Waals surface area (Å²) in [6.45, 7) is 11.2. The summed E-state index contributed by atoms with van der Waals surface area (Å²) in [7, 11) is 0. The molecule has 0 amide bonds. The molecule has 0 aliphatic heterocycles. The van der Waals surface area contributed by atoms with E-state index in [1.807, 2.05) is 0 Å². The Labute approximate surface area is 123 Å². The van der Waals surface area contributed by atoms with Crippen LogP contribution in [0.4, 0.5) is 0 Å². The van der Waals surface area contributed by atoms with Crippen LogP contribution in [0.25, 0.3) is 0 Å². The lowest BCUT2D eigenvalue weighted by molar-refractivity contribution is 0.344. The fourth-order valence-corrected chi connectivity index (χ4v) is 3.29. The summed E-state index contributed by atoms with van der Waals surface area (Å²) < 4.78 is 2.08. The van der Waals surface area contributed by atoms with Crippen LogP contribution in [0.3, 0.4) is 0 Å². The summed E-state index contributed by atoms with van der Waals surface area (Å²) in [6.07, 6.45) is 6.88. The molecule has 2 rings (SSSR count). The summed E-state index contributed by atoms with van der Waals surface area (Å²) >= 11 is 0. The molecular formula is C16H30N4. The van der Waals surface area contributed by atoms with E-state index in [9.17, 15) is 0 Å². The highest BCUT2D eigenvalue weighted by atomic mass is 15.3. The van der Waals surface area contributed by atoms with Gasteiger partial charge in [0, 0.05) is 12.5 Å². The van der Waals surface area contributed by atoms with Crippen molar-refractivity contribution in [3.05, 3.63) is 12.2 Å². The normalized spacial score (nSPS) is 23.1. The lowest BCUT2D eigenvalue weighted by Gasteiger charge is -2.21. The molecule has 4 heteroatoms. The number of nitrogens with one attached hydrogen (secondary N) is 1. The lowest BCUT2D eigenvalue weighted by Crippen LogP contribution is -2.29. The monoisotopic (exact) mass is 278 g/mol. The van der Waals surface area contributed by atoms with Gasteiger partial charge < -0.3 is 5.32 Å². The molecule has 0 aromatic carbocycles. The second-order valence-corrected chi connectivity index (χ2v) is 6.92. The van der Waals surface area contributed by atoms with Gasteiger partial charge in [0.1, 0.15) is 12.2 Å².